The van der Waals surface area contributed by atoms with Crippen LogP contribution in [0.2, 0.25) is 0 Å². The molecule has 0 saturated heterocycles. The summed E-state index contributed by atoms with van der Waals surface area (Å²) in [7, 11) is 0. The van der Waals surface area contributed by atoms with E-state index in [2.05, 4.69) is 16.7 Å². The highest BCUT2D eigenvalue weighted by Gasteiger charge is 2.27. The van der Waals surface area contributed by atoms with Crippen molar-refractivity contribution in [3.63, 3.8) is 0 Å². The summed E-state index contributed by atoms with van der Waals surface area (Å²) in [5.41, 5.74) is 4.35. The van der Waals surface area contributed by atoms with Crippen molar-refractivity contribution in [2.24, 2.45) is 0 Å². The number of fused-ring (bicyclic) bond motifs is 1. The van der Waals surface area contributed by atoms with Crippen molar-refractivity contribution in [3.05, 3.63) is 89.0 Å². The molecule has 2 amide bonds. The molecule has 0 saturated carbocycles. The van der Waals surface area contributed by atoms with Crippen LogP contribution in [0.25, 0.3) is 11.1 Å². The van der Waals surface area contributed by atoms with E-state index < -0.39 is 0 Å². The van der Waals surface area contributed by atoms with E-state index in [0.29, 0.717) is 28.9 Å². The van der Waals surface area contributed by atoms with Gasteiger partial charge in [0.2, 0.25) is 0 Å². The van der Waals surface area contributed by atoms with E-state index in [1.165, 1.54) is 0 Å². The number of benzene rings is 3. The molecule has 0 aromatic heterocycles. The Kier molecular flexibility index (Phi) is 4.15. The van der Waals surface area contributed by atoms with Gasteiger partial charge in [-0.25, -0.2) is 0 Å². The van der Waals surface area contributed by atoms with Crippen LogP contribution in [0.1, 0.15) is 31.8 Å². The van der Waals surface area contributed by atoms with Gasteiger partial charge in [-0.05, 0) is 41.0 Å². The Hall–Kier alpha value is -3.91. The number of nitrogens with one attached hydrogen (secondary N) is 2. The fraction of sp³-hybridized carbons (Fsp3) is 0.0455. The summed E-state index contributed by atoms with van der Waals surface area (Å²) in [5.74, 6) is -0.507. The number of amides is 2. The minimum Gasteiger partial charge on any atom is -0.348 e. The van der Waals surface area contributed by atoms with E-state index in [0.717, 1.165) is 16.7 Å². The minimum absolute atomic E-state index is 0.232. The van der Waals surface area contributed by atoms with Crippen LogP contribution in [0.3, 0.4) is 0 Å². The summed E-state index contributed by atoms with van der Waals surface area (Å²) >= 11 is 0. The summed E-state index contributed by atoms with van der Waals surface area (Å²) in [5, 5.41) is 15.0. The summed E-state index contributed by atoms with van der Waals surface area (Å²) in [6, 6.07) is 21.9. The fourth-order valence-corrected chi connectivity index (χ4v) is 3.30. The van der Waals surface area contributed by atoms with Crippen molar-refractivity contribution in [3.8, 4) is 17.2 Å². The van der Waals surface area contributed by atoms with Crippen molar-refractivity contribution in [2.45, 2.75) is 6.54 Å². The zero-order chi connectivity index (χ0) is 18.8. The highest BCUT2D eigenvalue weighted by Crippen LogP contribution is 2.35. The maximum atomic E-state index is 12.5. The zero-order valence-corrected chi connectivity index (χ0v) is 14.3. The number of hydrogen-bond acceptors (Lipinski definition) is 3. The molecule has 0 spiro atoms. The quantitative estimate of drug-likeness (QED) is 0.753. The lowest BCUT2D eigenvalue weighted by molar-refractivity contribution is 0.0966. The van der Waals surface area contributed by atoms with Crippen molar-refractivity contribution in [1.29, 1.82) is 5.26 Å². The second-order valence-corrected chi connectivity index (χ2v) is 6.17. The highest BCUT2D eigenvalue weighted by atomic mass is 16.2. The molecule has 2 N–H and O–H groups in total. The molecule has 0 atom stereocenters. The Morgan fingerprint density at radius 2 is 1.70 bits per heavy atom. The molecule has 0 unspecified atom stereocenters. The van der Waals surface area contributed by atoms with Gasteiger partial charge in [0.15, 0.2) is 0 Å². The molecule has 0 aliphatic carbocycles. The Morgan fingerprint density at radius 3 is 2.48 bits per heavy atom. The van der Waals surface area contributed by atoms with Gasteiger partial charge >= 0.3 is 0 Å². The van der Waals surface area contributed by atoms with Crippen LogP contribution in [0, 0.1) is 11.3 Å². The average Bonchev–Trinajstić information content (AvgIpc) is 3.11. The van der Waals surface area contributed by atoms with Gasteiger partial charge in [-0.1, -0.05) is 42.5 Å². The molecular formula is C22H15N3O2. The molecule has 0 fully saturated rings. The second-order valence-electron chi connectivity index (χ2n) is 6.17. The van der Waals surface area contributed by atoms with Gasteiger partial charge in [-0.15, -0.1) is 0 Å². The highest BCUT2D eigenvalue weighted by molar-refractivity contribution is 6.11. The molecule has 27 heavy (non-hydrogen) atoms. The third-order valence-corrected chi connectivity index (χ3v) is 4.59. The second kappa shape index (κ2) is 6.77. The van der Waals surface area contributed by atoms with Gasteiger partial charge in [0.25, 0.3) is 11.8 Å². The number of nitrogens with zero attached hydrogens (tertiary/aromatic N) is 1. The zero-order valence-electron chi connectivity index (χ0n) is 14.3. The topological polar surface area (TPSA) is 82.0 Å². The van der Waals surface area contributed by atoms with E-state index in [1.54, 1.807) is 42.5 Å². The third-order valence-electron chi connectivity index (χ3n) is 4.59. The largest absolute Gasteiger partial charge is 0.348 e. The summed E-state index contributed by atoms with van der Waals surface area (Å²) in [4.78, 5) is 24.9. The Bertz CT molecular complexity index is 1100. The van der Waals surface area contributed by atoms with Gasteiger partial charge in [0.05, 0.1) is 22.9 Å². The molecule has 3 aromatic carbocycles. The smallest absolute Gasteiger partial charge is 0.255 e. The first-order chi connectivity index (χ1) is 13.2. The maximum Gasteiger partial charge on any atom is 0.255 e. The molecule has 1 heterocycles. The Labute approximate surface area is 156 Å². The molecular weight excluding hydrogens is 338 g/mol. The number of rotatable bonds is 3. The van der Waals surface area contributed by atoms with E-state index in [9.17, 15) is 14.9 Å². The van der Waals surface area contributed by atoms with Crippen molar-refractivity contribution >= 4 is 17.5 Å². The van der Waals surface area contributed by atoms with Crippen molar-refractivity contribution < 1.29 is 9.59 Å². The van der Waals surface area contributed by atoms with E-state index in [1.807, 2.05) is 24.3 Å². The first-order valence-electron chi connectivity index (χ1n) is 8.49. The monoisotopic (exact) mass is 353 g/mol. The molecule has 3 aromatic rings. The summed E-state index contributed by atoms with van der Waals surface area (Å²) in [6.45, 7) is 0.359. The number of nitriles is 1. The van der Waals surface area contributed by atoms with E-state index in [4.69, 9.17) is 0 Å². The van der Waals surface area contributed by atoms with Crippen molar-refractivity contribution in [1.82, 2.24) is 5.32 Å². The lowest BCUT2D eigenvalue weighted by Gasteiger charge is -2.13. The van der Waals surface area contributed by atoms with Gasteiger partial charge in [0.1, 0.15) is 0 Å². The van der Waals surface area contributed by atoms with Crippen LogP contribution in [-0.2, 0) is 6.54 Å². The number of carbonyl (C=O) groups excluding carboxylic acids is 2. The van der Waals surface area contributed by atoms with Crippen LogP contribution in [0.15, 0.2) is 66.7 Å². The molecule has 0 bridgehead atoms. The van der Waals surface area contributed by atoms with Crippen LogP contribution in [0.4, 0.5) is 5.69 Å². The Morgan fingerprint density at radius 1 is 0.963 bits per heavy atom. The first-order valence-corrected chi connectivity index (χ1v) is 8.49. The third kappa shape index (κ3) is 2.94. The molecule has 130 valence electrons. The molecule has 1 aliphatic rings. The number of anilines is 1. The predicted octanol–water partition coefficient (Wildman–Crippen LogP) is 3.72. The van der Waals surface area contributed by atoms with Crippen LogP contribution < -0.4 is 10.6 Å². The van der Waals surface area contributed by atoms with E-state index in [-0.39, 0.29) is 11.8 Å². The molecule has 0 radical (unpaired) electrons. The first kappa shape index (κ1) is 16.6. The van der Waals surface area contributed by atoms with E-state index >= 15 is 0 Å². The maximum absolute atomic E-state index is 12.5. The number of hydrogen-bond donors (Lipinski definition) is 2. The fourth-order valence-electron chi connectivity index (χ4n) is 3.30. The molecule has 5 nitrogen and oxygen atoms in total. The van der Waals surface area contributed by atoms with Crippen molar-refractivity contribution in [2.75, 3.05) is 5.32 Å². The Balaban J connectivity index is 1.79. The van der Waals surface area contributed by atoms with Gasteiger partial charge in [0, 0.05) is 12.1 Å². The van der Waals surface area contributed by atoms with Gasteiger partial charge in [-0.2, -0.15) is 5.26 Å². The summed E-state index contributed by atoms with van der Waals surface area (Å²) in [6.07, 6.45) is 0. The molecule has 5 heteroatoms. The average molecular weight is 353 g/mol. The van der Waals surface area contributed by atoms with Gasteiger partial charge in [-0.3, -0.25) is 9.59 Å². The molecule has 4 rings (SSSR count). The normalized spacial score (nSPS) is 12.0. The van der Waals surface area contributed by atoms with Crippen LogP contribution >= 0.6 is 0 Å². The lowest BCUT2D eigenvalue weighted by Crippen LogP contribution is -2.17. The SMILES string of the molecule is N#Cc1ccccc1-c1ccc(NC(=O)c2ccccc2)c2c1CNC2=O. The number of carbonyl (C=O) groups is 2. The molecule has 1 aliphatic heterocycles. The lowest BCUT2D eigenvalue weighted by atomic mass is 9.93. The predicted molar refractivity (Wildman–Crippen MR) is 102 cm³/mol. The van der Waals surface area contributed by atoms with Crippen LogP contribution in [-0.4, -0.2) is 11.8 Å². The van der Waals surface area contributed by atoms with Gasteiger partial charge < -0.3 is 10.6 Å². The minimum atomic E-state index is -0.275. The summed E-state index contributed by atoms with van der Waals surface area (Å²) < 4.78 is 0. The standard InChI is InChI=1S/C22H15N3O2/c23-12-15-8-4-5-9-16(15)17-10-11-19(20-18(17)13-24-22(20)27)25-21(26)14-6-2-1-3-7-14/h1-11H,13H2,(H,24,27)(H,25,26). The van der Waals surface area contributed by atoms with Crippen LogP contribution in [0.5, 0.6) is 0 Å².